The molecule has 2 aromatic rings. The van der Waals surface area contributed by atoms with Gasteiger partial charge in [0.05, 0.1) is 30.2 Å². The van der Waals surface area contributed by atoms with Gasteiger partial charge in [0.1, 0.15) is 11.9 Å². The molecular formula is C20H22N2O6S. The van der Waals surface area contributed by atoms with Crippen LogP contribution in [0.5, 0.6) is 5.75 Å². The van der Waals surface area contributed by atoms with Crippen LogP contribution in [0.2, 0.25) is 0 Å². The molecule has 1 amide bonds. The van der Waals surface area contributed by atoms with Gasteiger partial charge < -0.3 is 14.8 Å². The highest BCUT2D eigenvalue weighted by atomic mass is 32.2. The molecule has 9 heteroatoms. The Bertz CT molecular complexity index is 1000. The van der Waals surface area contributed by atoms with Crippen LogP contribution >= 0.6 is 0 Å². The van der Waals surface area contributed by atoms with Gasteiger partial charge in [0, 0.05) is 12.6 Å². The molecule has 0 spiro atoms. The number of benzene rings is 2. The maximum atomic E-state index is 13.3. The first-order valence-corrected chi connectivity index (χ1v) is 10.6. The van der Waals surface area contributed by atoms with Gasteiger partial charge in [-0.25, -0.2) is 8.42 Å². The summed E-state index contributed by atoms with van der Waals surface area (Å²) >= 11 is 0. The van der Waals surface area contributed by atoms with Crippen LogP contribution in [-0.4, -0.2) is 39.5 Å². The van der Waals surface area contributed by atoms with Crippen molar-refractivity contribution in [3.63, 3.8) is 0 Å². The van der Waals surface area contributed by atoms with Gasteiger partial charge in [0.2, 0.25) is 5.91 Å². The molecule has 0 aromatic heterocycles. The highest BCUT2D eigenvalue weighted by Crippen LogP contribution is 2.37. The van der Waals surface area contributed by atoms with E-state index < -0.39 is 22.1 Å². The zero-order valence-corrected chi connectivity index (χ0v) is 16.9. The molecule has 0 radical (unpaired) electrons. The second-order valence-electron chi connectivity index (χ2n) is 6.46. The lowest BCUT2D eigenvalue weighted by atomic mass is 10.2. The molecule has 0 fully saturated rings. The first-order chi connectivity index (χ1) is 13.8. The molecule has 3 rings (SSSR count). The van der Waals surface area contributed by atoms with Crippen molar-refractivity contribution in [2.75, 3.05) is 22.8 Å². The first-order valence-electron chi connectivity index (χ1n) is 9.13. The maximum absolute atomic E-state index is 13.3. The number of nitrogens with one attached hydrogen (secondary N) is 1. The summed E-state index contributed by atoms with van der Waals surface area (Å²) in [5.74, 6) is -0.315. The number of anilines is 2. The molecule has 1 atom stereocenters. The molecule has 2 aromatic carbocycles. The predicted octanol–water partition coefficient (Wildman–Crippen LogP) is 2.55. The molecule has 0 bridgehead atoms. The number of nitrogens with zero attached hydrogens (tertiary/aromatic N) is 1. The average Bonchev–Trinajstić information content (AvgIpc) is 2.67. The monoisotopic (exact) mass is 418 g/mol. The Morgan fingerprint density at radius 3 is 2.52 bits per heavy atom. The summed E-state index contributed by atoms with van der Waals surface area (Å²) in [4.78, 5) is 23.1. The number of amides is 1. The Labute approximate surface area is 169 Å². The highest BCUT2D eigenvalue weighted by Gasteiger charge is 2.35. The van der Waals surface area contributed by atoms with Gasteiger partial charge in [-0.2, -0.15) is 0 Å². The van der Waals surface area contributed by atoms with Gasteiger partial charge in [0.15, 0.2) is 0 Å². The summed E-state index contributed by atoms with van der Waals surface area (Å²) in [6.45, 7) is 3.30. The molecule has 29 heavy (non-hydrogen) atoms. The number of sulfonamides is 1. The third kappa shape index (κ3) is 4.68. The maximum Gasteiger partial charge on any atom is 0.309 e. The van der Waals surface area contributed by atoms with Gasteiger partial charge in [-0.05, 0) is 43.3 Å². The average molecular weight is 418 g/mol. The van der Waals surface area contributed by atoms with Crippen molar-refractivity contribution in [2.45, 2.75) is 31.3 Å². The topological polar surface area (TPSA) is 102 Å². The van der Waals surface area contributed by atoms with Crippen LogP contribution in [0.3, 0.4) is 0 Å². The third-order valence-electron chi connectivity index (χ3n) is 4.26. The molecule has 0 saturated carbocycles. The fourth-order valence-corrected chi connectivity index (χ4v) is 4.55. The lowest BCUT2D eigenvalue weighted by Gasteiger charge is -2.35. The SMILES string of the molecule is CCOC(=O)C[C@H]1CN(S(=O)(=O)c2ccc(NC(C)=O)cc2)c2ccccc2O1. The van der Waals surface area contributed by atoms with Crippen molar-refractivity contribution >= 4 is 33.3 Å². The van der Waals surface area contributed by atoms with Crippen LogP contribution in [0.4, 0.5) is 11.4 Å². The molecule has 0 unspecified atom stereocenters. The van der Waals surface area contributed by atoms with Crippen LogP contribution < -0.4 is 14.4 Å². The van der Waals surface area contributed by atoms with Gasteiger partial charge in [-0.1, -0.05) is 12.1 Å². The van der Waals surface area contributed by atoms with Gasteiger partial charge >= 0.3 is 5.97 Å². The number of fused-ring (bicyclic) bond motifs is 1. The van der Waals surface area contributed by atoms with Gasteiger partial charge in [-0.15, -0.1) is 0 Å². The number of hydrogen-bond acceptors (Lipinski definition) is 6. The normalized spacial score (nSPS) is 15.8. The largest absolute Gasteiger partial charge is 0.486 e. The molecule has 8 nitrogen and oxygen atoms in total. The second kappa shape index (κ2) is 8.52. The zero-order valence-electron chi connectivity index (χ0n) is 16.1. The van der Waals surface area contributed by atoms with Crippen molar-refractivity contribution in [3.05, 3.63) is 48.5 Å². The smallest absolute Gasteiger partial charge is 0.309 e. The Kier molecular flexibility index (Phi) is 6.07. The molecule has 1 aliphatic heterocycles. The Hall–Kier alpha value is -3.07. The van der Waals surface area contributed by atoms with Crippen LogP contribution in [-0.2, 0) is 24.3 Å². The molecule has 1 N–H and O–H groups in total. The predicted molar refractivity (Wildman–Crippen MR) is 107 cm³/mol. The van der Waals surface area contributed by atoms with E-state index >= 15 is 0 Å². The lowest BCUT2D eigenvalue weighted by Crippen LogP contribution is -2.44. The molecular weight excluding hydrogens is 396 g/mol. The zero-order chi connectivity index (χ0) is 21.0. The Balaban J connectivity index is 1.91. The summed E-state index contributed by atoms with van der Waals surface area (Å²) in [6, 6.07) is 12.7. The number of para-hydroxylation sites is 2. The fraction of sp³-hybridized carbons (Fsp3) is 0.300. The Morgan fingerprint density at radius 1 is 1.17 bits per heavy atom. The molecule has 1 heterocycles. The first kappa shape index (κ1) is 20.7. The van der Waals surface area contributed by atoms with Crippen LogP contribution in [0.25, 0.3) is 0 Å². The standard InChI is InChI=1S/C20H22N2O6S/c1-3-27-20(24)12-16-13-22(18-6-4-5-7-19(18)28-16)29(25,26)17-10-8-15(9-11-17)21-14(2)23/h4-11,16H,3,12-13H2,1-2H3,(H,21,23)/t16-/m0/s1. The number of rotatable bonds is 6. The summed E-state index contributed by atoms with van der Waals surface area (Å²) in [7, 11) is -3.91. The minimum Gasteiger partial charge on any atom is -0.486 e. The van der Waals surface area contributed by atoms with E-state index in [2.05, 4.69) is 5.32 Å². The molecule has 0 saturated heterocycles. The number of carbonyl (C=O) groups is 2. The number of hydrogen-bond donors (Lipinski definition) is 1. The summed E-state index contributed by atoms with van der Waals surface area (Å²) in [5, 5.41) is 2.60. The van der Waals surface area contributed by atoms with Gasteiger partial charge in [-0.3, -0.25) is 13.9 Å². The van der Waals surface area contributed by atoms with E-state index in [0.717, 1.165) is 0 Å². The summed E-state index contributed by atoms with van der Waals surface area (Å²) in [5.41, 5.74) is 0.901. The Morgan fingerprint density at radius 2 is 1.86 bits per heavy atom. The fourth-order valence-electron chi connectivity index (χ4n) is 3.04. The van der Waals surface area contributed by atoms with E-state index in [1.807, 2.05) is 0 Å². The third-order valence-corrected chi connectivity index (χ3v) is 6.05. The van der Waals surface area contributed by atoms with Gasteiger partial charge in [0.25, 0.3) is 10.0 Å². The van der Waals surface area contributed by atoms with Crippen LogP contribution in [0.15, 0.2) is 53.4 Å². The van der Waals surface area contributed by atoms with E-state index in [-0.39, 0.29) is 30.4 Å². The number of ether oxygens (including phenoxy) is 2. The minimum absolute atomic E-state index is 0.0222. The minimum atomic E-state index is -3.91. The molecule has 1 aliphatic rings. The highest BCUT2D eigenvalue weighted by molar-refractivity contribution is 7.92. The van der Waals surface area contributed by atoms with Crippen molar-refractivity contribution in [3.8, 4) is 5.75 Å². The van der Waals surface area contributed by atoms with E-state index in [1.165, 1.54) is 35.5 Å². The summed E-state index contributed by atoms with van der Waals surface area (Å²) in [6.07, 6.45) is -0.729. The summed E-state index contributed by atoms with van der Waals surface area (Å²) < 4.78 is 38.6. The quantitative estimate of drug-likeness (QED) is 0.724. The van der Waals surface area contributed by atoms with E-state index in [1.54, 1.807) is 31.2 Å². The molecule has 154 valence electrons. The second-order valence-corrected chi connectivity index (χ2v) is 8.32. The van der Waals surface area contributed by atoms with E-state index in [0.29, 0.717) is 17.1 Å². The van der Waals surface area contributed by atoms with Crippen LogP contribution in [0, 0.1) is 0 Å². The van der Waals surface area contributed by atoms with Crippen molar-refractivity contribution < 1.29 is 27.5 Å². The number of esters is 1. The molecule has 0 aliphatic carbocycles. The van der Waals surface area contributed by atoms with Crippen LogP contribution in [0.1, 0.15) is 20.3 Å². The lowest BCUT2D eigenvalue weighted by molar-refractivity contribution is -0.144. The van der Waals surface area contributed by atoms with Crippen molar-refractivity contribution in [2.24, 2.45) is 0 Å². The van der Waals surface area contributed by atoms with Crippen molar-refractivity contribution in [1.82, 2.24) is 0 Å². The number of carbonyl (C=O) groups excluding carboxylic acids is 2. The van der Waals surface area contributed by atoms with E-state index in [9.17, 15) is 18.0 Å². The van der Waals surface area contributed by atoms with E-state index in [4.69, 9.17) is 9.47 Å². The van der Waals surface area contributed by atoms with Crippen molar-refractivity contribution in [1.29, 1.82) is 0 Å².